The molecule has 2 aromatic rings. The van der Waals surface area contributed by atoms with Crippen LogP contribution in [-0.2, 0) is 0 Å². The van der Waals surface area contributed by atoms with Gasteiger partial charge in [-0.3, -0.25) is 9.69 Å². The van der Waals surface area contributed by atoms with E-state index in [4.69, 9.17) is 9.47 Å². The molecule has 1 aliphatic heterocycles. The molecule has 1 aromatic heterocycles. The minimum absolute atomic E-state index is 0.114. The Morgan fingerprint density at radius 1 is 1.20 bits per heavy atom. The first-order valence-electron chi connectivity index (χ1n) is 8.48. The highest BCUT2D eigenvalue weighted by Gasteiger charge is 2.24. The van der Waals surface area contributed by atoms with Gasteiger partial charge in [-0.1, -0.05) is 0 Å². The molecule has 1 saturated heterocycles. The van der Waals surface area contributed by atoms with Gasteiger partial charge in [-0.15, -0.1) is 0 Å². The van der Waals surface area contributed by atoms with E-state index < -0.39 is 0 Å². The highest BCUT2D eigenvalue weighted by molar-refractivity contribution is 7.07. The summed E-state index contributed by atoms with van der Waals surface area (Å²) < 4.78 is 10.5. The zero-order valence-corrected chi connectivity index (χ0v) is 15.5. The number of carbonyl (C=O) groups excluding carboxylic acids is 1. The molecule has 1 aliphatic rings. The molecule has 0 aliphatic carbocycles. The first kappa shape index (κ1) is 17.8. The lowest BCUT2D eigenvalue weighted by Gasteiger charge is -2.27. The normalized spacial score (nSPS) is 15.8. The van der Waals surface area contributed by atoms with Crippen molar-refractivity contribution >= 4 is 17.2 Å². The molecular weight excluding hydrogens is 336 g/mol. The Hall–Kier alpha value is -2.05. The maximum absolute atomic E-state index is 12.6. The van der Waals surface area contributed by atoms with Crippen LogP contribution in [0.2, 0.25) is 0 Å². The van der Waals surface area contributed by atoms with Crippen molar-refractivity contribution in [3.63, 3.8) is 0 Å². The third-order valence-corrected chi connectivity index (χ3v) is 5.28. The Bertz CT molecular complexity index is 674. The zero-order chi connectivity index (χ0) is 17.6. The number of rotatable bonds is 7. The molecule has 1 atom stereocenters. The SMILES string of the molecule is COc1cc(OC)cc(C(=O)NCC(c2ccsc2)N2CCCC2)c1. The summed E-state index contributed by atoms with van der Waals surface area (Å²) in [5.74, 6) is 1.11. The largest absolute Gasteiger partial charge is 0.497 e. The topological polar surface area (TPSA) is 50.8 Å². The average molecular weight is 360 g/mol. The van der Waals surface area contributed by atoms with Crippen LogP contribution in [-0.4, -0.2) is 44.7 Å². The summed E-state index contributed by atoms with van der Waals surface area (Å²) in [4.78, 5) is 15.1. The van der Waals surface area contributed by atoms with Crippen molar-refractivity contribution in [2.45, 2.75) is 18.9 Å². The fourth-order valence-corrected chi connectivity index (χ4v) is 3.91. The summed E-state index contributed by atoms with van der Waals surface area (Å²) in [6, 6.07) is 7.59. The fourth-order valence-electron chi connectivity index (χ4n) is 3.21. The van der Waals surface area contributed by atoms with Gasteiger partial charge in [0, 0.05) is 18.2 Å². The third-order valence-electron chi connectivity index (χ3n) is 4.58. The number of likely N-dealkylation sites (tertiary alicyclic amines) is 1. The second kappa shape index (κ2) is 8.36. The Morgan fingerprint density at radius 3 is 2.44 bits per heavy atom. The molecule has 0 bridgehead atoms. The molecule has 25 heavy (non-hydrogen) atoms. The second-order valence-corrected chi connectivity index (χ2v) is 6.91. The number of amides is 1. The van der Waals surface area contributed by atoms with Gasteiger partial charge >= 0.3 is 0 Å². The van der Waals surface area contributed by atoms with E-state index >= 15 is 0 Å². The minimum atomic E-state index is -0.114. The highest BCUT2D eigenvalue weighted by Crippen LogP contribution is 2.27. The van der Waals surface area contributed by atoms with Gasteiger partial charge in [0.05, 0.1) is 20.3 Å². The molecule has 1 aromatic carbocycles. The molecule has 0 saturated carbocycles. The molecule has 0 radical (unpaired) electrons. The van der Waals surface area contributed by atoms with Gasteiger partial charge in [0.2, 0.25) is 0 Å². The van der Waals surface area contributed by atoms with Gasteiger partial charge in [0.25, 0.3) is 5.91 Å². The molecule has 6 heteroatoms. The van der Waals surface area contributed by atoms with Crippen LogP contribution < -0.4 is 14.8 Å². The smallest absolute Gasteiger partial charge is 0.251 e. The van der Waals surface area contributed by atoms with E-state index in [1.165, 1.54) is 18.4 Å². The molecule has 1 amide bonds. The first-order chi connectivity index (χ1) is 12.2. The van der Waals surface area contributed by atoms with Crippen molar-refractivity contribution < 1.29 is 14.3 Å². The maximum Gasteiger partial charge on any atom is 0.251 e. The van der Waals surface area contributed by atoms with Crippen molar-refractivity contribution in [3.05, 3.63) is 46.2 Å². The summed E-state index contributed by atoms with van der Waals surface area (Å²) in [5.41, 5.74) is 1.82. The molecular formula is C19H24N2O3S. The van der Waals surface area contributed by atoms with Crippen LogP contribution in [0.5, 0.6) is 11.5 Å². The molecule has 3 rings (SSSR count). The van der Waals surface area contributed by atoms with E-state index in [1.807, 2.05) is 0 Å². The number of methoxy groups -OCH3 is 2. The molecule has 0 spiro atoms. The minimum Gasteiger partial charge on any atom is -0.497 e. The van der Waals surface area contributed by atoms with Crippen LogP contribution in [0, 0.1) is 0 Å². The van der Waals surface area contributed by atoms with Crippen LogP contribution in [0.15, 0.2) is 35.0 Å². The fraction of sp³-hybridized carbons (Fsp3) is 0.421. The van der Waals surface area contributed by atoms with Crippen LogP contribution in [0.25, 0.3) is 0 Å². The van der Waals surface area contributed by atoms with Crippen molar-refractivity contribution in [1.82, 2.24) is 10.2 Å². The van der Waals surface area contributed by atoms with E-state index in [9.17, 15) is 4.79 Å². The Kier molecular flexibility index (Phi) is 5.94. The van der Waals surface area contributed by atoms with E-state index in [0.717, 1.165) is 13.1 Å². The number of benzene rings is 1. The maximum atomic E-state index is 12.6. The van der Waals surface area contributed by atoms with Crippen molar-refractivity contribution in [2.24, 2.45) is 0 Å². The predicted molar refractivity (Wildman–Crippen MR) is 99.7 cm³/mol. The van der Waals surface area contributed by atoms with Gasteiger partial charge in [-0.25, -0.2) is 0 Å². The highest BCUT2D eigenvalue weighted by atomic mass is 32.1. The van der Waals surface area contributed by atoms with Crippen molar-refractivity contribution in [1.29, 1.82) is 0 Å². The summed E-state index contributed by atoms with van der Waals surface area (Å²) in [7, 11) is 3.16. The molecule has 1 unspecified atom stereocenters. The lowest BCUT2D eigenvalue weighted by molar-refractivity contribution is 0.0937. The number of nitrogens with one attached hydrogen (secondary N) is 1. The summed E-state index contributed by atoms with van der Waals surface area (Å²) >= 11 is 1.69. The van der Waals surface area contributed by atoms with Gasteiger partial charge in [0.15, 0.2) is 0 Å². The number of hydrogen-bond donors (Lipinski definition) is 1. The molecule has 134 valence electrons. The summed E-state index contributed by atoms with van der Waals surface area (Å²) in [6.07, 6.45) is 2.45. The first-order valence-corrected chi connectivity index (χ1v) is 9.43. The summed E-state index contributed by atoms with van der Waals surface area (Å²) in [5, 5.41) is 7.34. The summed E-state index contributed by atoms with van der Waals surface area (Å²) in [6.45, 7) is 2.77. The standard InChI is InChI=1S/C19H24N2O3S/c1-23-16-9-15(10-17(11-16)24-2)19(22)20-12-18(14-5-8-25-13-14)21-6-3-4-7-21/h5,8-11,13,18H,3-4,6-7,12H2,1-2H3,(H,20,22). The van der Waals surface area contributed by atoms with Gasteiger partial charge in [-0.05, 0) is 60.5 Å². The zero-order valence-electron chi connectivity index (χ0n) is 14.7. The van der Waals surface area contributed by atoms with E-state index in [1.54, 1.807) is 43.8 Å². The second-order valence-electron chi connectivity index (χ2n) is 6.13. The van der Waals surface area contributed by atoms with Crippen LogP contribution in [0.4, 0.5) is 0 Å². The van der Waals surface area contributed by atoms with E-state index in [2.05, 4.69) is 27.0 Å². The van der Waals surface area contributed by atoms with Crippen LogP contribution in [0.3, 0.4) is 0 Å². The monoisotopic (exact) mass is 360 g/mol. The van der Waals surface area contributed by atoms with Crippen LogP contribution in [0.1, 0.15) is 34.8 Å². The number of hydrogen-bond acceptors (Lipinski definition) is 5. The van der Waals surface area contributed by atoms with Crippen LogP contribution >= 0.6 is 11.3 Å². The van der Waals surface area contributed by atoms with Gasteiger partial charge in [-0.2, -0.15) is 11.3 Å². The lowest BCUT2D eigenvalue weighted by Crippen LogP contribution is -2.36. The number of thiophene rings is 1. The number of ether oxygens (including phenoxy) is 2. The molecule has 5 nitrogen and oxygen atoms in total. The molecule has 1 fully saturated rings. The number of nitrogens with zero attached hydrogens (tertiary/aromatic N) is 1. The van der Waals surface area contributed by atoms with E-state index in [-0.39, 0.29) is 11.9 Å². The quantitative estimate of drug-likeness (QED) is 0.823. The Balaban J connectivity index is 1.71. The molecule has 2 heterocycles. The predicted octanol–water partition coefficient (Wildman–Crippen LogP) is 3.33. The Labute approximate surface area is 152 Å². The third kappa shape index (κ3) is 4.32. The lowest BCUT2D eigenvalue weighted by atomic mass is 10.1. The van der Waals surface area contributed by atoms with Gasteiger partial charge < -0.3 is 14.8 Å². The van der Waals surface area contributed by atoms with Crippen molar-refractivity contribution in [2.75, 3.05) is 33.9 Å². The van der Waals surface area contributed by atoms with Gasteiger partial charge in [0.1, 0.15) is 11.5 Å². The Morgan fingerprint density at radius 2 is 1.88 bits per heavy atom. The van der Waals surface area contributed by atoms with E-state index in [0.29, 0.717) is 23.6 Å². The molecule has 1 N–H and O–H groups in total. The average Bonchev–Trinajstić information content (AvgIpc) is 3.35. The number of carbonyl (C=O) groups is 1. The van der Waals surface area contributed by atoms with Crippen molar-refractivity contribution in [3.8, 4) is 11.5 Å².